The third-order valence-corrected chi connectivity index (χ3v) is 8.44. The molecule has 0 amide bonds. The summed E-state index contributed by atoms with van der Waals surface area (Å²) in [6.45, 7) is 2.59. The molecular weight excluding hydrogens is 556 g/mol. The van der Waals surface area contributed by atoms with E-state index in [9.17, 15) is 18.0 Å². The molecule has 0 aliphatic heterocycles. The largest absolute Gasteiger partial charge is 0.485 e. The van der Waals surface area contributed by atoms with E-state index < -0.39 is 22.5 Å². The summed E-state index contributed by atoms with van der Waals surface area (Å²) in [6.07, 6.45) is 1.50. The minimum Gasteiger partial charge on any atom is -0.485 e. The quantitative estimate of drug-likeness (QED) is 0.181. The maximum atomic E-state index is 14.1. The molecule has 0 unspecified atom stereocenters. The van der Waals surface area contributed by atoms with Crippen LogP contribution in [0, 0.1) is 18.3 Å². The maximum absolute atomic E-state index is 14.1. The summed E-state index contributed by atoms with van der Waals surface area (Å²) in [5.41, 5.74) is 2.43. The number of H-pyrrole nitrogens is 1. The van der Waals surface area contributed by atoms with E-state index in [0.717, 1.165) is 4.31 Å². The van der Waals surface area contributed by atoms with Crippen LogP contribution < -0.4 is 9.04 Å². The molecule has 3 aromatic carbocycles. The van der Waals surface area contributed by atoms with Crippen molar-refractivity contribution in [2.24, 2.45) is 0 Å². The second-order valence-corrected chi connectivity index (χ2v) is 11.2. The summed E-state index contributed by atoms with van der Waals surface area (Å²) in [7, 11) is -4.31. The van der Waals surface area contributed by atoms with Gasteiger partial charge in [0.25, 0.3) is 10.0 Å². The molecule has 10 nitrogen and oxygen atoms in total. The van der Waals surface area contributed by atoms with Crippen molar-refractivity contribution in [2.45, 2.75) is 18.7 Å². The number of aromatic amines is 1. The Labute approximate surface area is 242 Å². The Bertz CT molecular complexity index is 1950. The van der Waals surface area contributed by atoms with Crippen molar-refractivity contribution < 1.29 is 27.5 Å². The normalized spacial score (nSPS) is 11.3. The van der Waals surface area contributed by atoms with Crippen LogP contribution >= 0.6 is 0 Å². The van der Waals surface area contributed by atoms with E-state index >= 15 is 0 Å². The molecule has 212 valence electrons. The molecule has 0 spiro atoms. The number of nitrogens with zero attached hydrogens (tertiary/aromatic N) is 3. The monoisotopic (exact) mass is 582 g/mol. The first-order chi connectivity index (χ1) is 20.2. The van der Waals surface area contributed by atoms with Gasteiger partial charge >= 0.3 is 5.97 Å². The van der Waals surface area contributed by atoms with Gasteiger partial charge in [-0.25, -0.2) is 8.42 Å². The van der Waals surface area contributed by atoms with Crippen LogP contribution in [0.15, 0.2) is 83.9 Å². The number of benzene rings is 3. The van der Waals surface area contributed by atoms with Gasteiger partial charge in [-0.05, 0) is 68.4 Å². The number of rotatable bonds is 10. The summed E-state index contributed by atoms with van der Waals surface area (Å²) in [5.74, 6) is -0.638. The molecular formula is C31H26N4O6S. The van der Waals surface area contributed by atoms with Crippen LogP contribution in [0.2, 0.25) is 0 Å². The smallest absolute Gasteiger partial charge is 0.326 e. The molecule has 5 aromatic rings. The fourth-order valence-corrected chi connectivity index (χ4v) is 6.29. The van der Waals surface area contributed by atoms with Gasteiger partial charge in [-0.2, -0.15) is 5.26 Å². The molecule has 0 aliphatic rings. The number of fused-ring (bicyclic) bond motifs is 2. The van der Waals surface area contributed by atoms with Crippen molar-refractivity contribution >= 4 is 49.3 Å². The average molecular weight is 583 g/mol. The summed E-state index contributed by atoms with van der Waals surface area (Å²) in [5, 5.41) is 10.1. The number of aromatic nitrogens is 2. The fraction of sp³-hybridized carbons (Fsp3) is 0.161. The number of ketones is 1. The van der Waals surface area contributed by atoms with Crippen LogP contribution in [-0.4, -0.2) is 49.9 Å². The molecule has 2 heterocycles. The number of carbonyl (C=O) groups excluding carboxylic acids is 2. The van der Waals surface area contributed by atoms with Crippen LogP contribution in [0.25, 0.3) is 21.8 Å². The van der Waals surface area contributed by atoms with Crippen LogP contribution in [0.5, 0.6) is 5.75 Å². The molecule has 0 aliphatic carbocycles. The van der Waals surface area contributed by atoms with Crippen LogP contribution in [0.4, 0.5) is 5.69 Å². The molecule has 0 radical (unpaired) electrons. The second kappa shape index (κ2) is 11.7. The van der Waals surface area contributed by atoms with Crippen molar-refractivity contribution in [1.29, 1.82) is 5.26 Å². The number of anilines is 1. The van der Waals surface area contributed by atoms with Gasteiger partial charge in [-0.1, -0.05) is 18.2 Å². The Morgan fingerprint density at radius 1 is 1.05 bits per heavy atom. The molecule has 2 aromatic heterocycles. The van der Waals surface area contributed by atoms with Gasteiger partial charge < -0.3 is 14.5 Å². The lowest BCUT2D eigenvalue weighted by Crippen LogP contribution is -2.36. The van der Waals surface area contributed by atoms with E-state index in [1.54, 1.807) is 80.6 Å². The second-order valence-electron chi connectivity index (χ2n) is 9.35. The molecule has 42 heavy (non-hydrogen) atoms. The number of hydrogen-bond donors (Lipinski definition) is 1. The van der Waals surface area contributed by atoms with Gasteiger partial charge in [-0.15, -0.1) is 0 Å². The SMILES string of the molecule is CCOC(=O)CN(c1ccc2[nH]c(C)c(C(=O)COc3ccc(C#N)cc3)c2c1)S(=O)(=O)c1cccc2cccnc12. The van der Waals surface area contributed by atoms with Gasteiger partial charge in [-0.3, -0.25) is 18.9 Å². The van der Waals surface area contributed by atoms with Gasteiger partial charge in [0.1, 0.15) is 17.2 Å². The summed E-state index contributed by atoms with van der Waals surface area (Å²) >= 11 is 0. The number of para-hydroxylation sites is 1. The predicted octanol–water partition coefficient (Wildman–Crippen LogP) is 4.92. The van der Waals surface area contributed by atoms with Crippen molar-refractivity contribution in [3.8, 4) is 11.8 Å². The zero-order valence-electron chi connectivity index (χ0n) is 22.8. The number of aryl methyl sites for hydroxylation is 1. The Balaban J connectivity index is 1.55. The lowest BCUT2D eigenvalue weighted by Gasteiger charge is -2.24. The van der Waals surface area contributed by atoms with E-state index in [4.69, 9.17) is 14.7 Å². The molecule has 0 bridgehead atoms. The molecule has 0 fully saturated rings. The van der Waals surface area contributed by atoms with E-state index in [2.05, 4.69) is 9.97 Å². The minimum absolute atomic E-state index is 0.0673. The number of sulfonamides is 1. The number of esters is 1. The number of hydrogen-bond acceptors (Lipinski definition) is 8. The van der Waals surface area contributed by atoms with E-state index in [0.29, 0.717) is 38.9 Å². The topological polar surface area (TPSA) is 142 Å². The third-order valence-electron chi connectivity index (χ3n) is 6.63. The Hall–Kier alpha value is -5.21. The number of nitrogens with one attached hydrogen (secondary N) is 1. The van der Waals surface area contributed by atoms with Crippen LogP contribution in [0.1, 0.15) is 28.5 Å². The summed E-state index contributed by atoms with van der Waals surface area (Å²) < 4.78 is 40.0. The highest BCUT2D eigenvalue weighted by atomic mass is 32.2. The zero-order valence-corrected chi connectivity index (χ0v) is 23.6. The molecule has 1 N–H and O–H groups in total. The fourth-order valence-electron chi connectivity index (χ4n) is 4.72. The van der Waals surface area contributed by atoms with Crippen molar-refractivity contribution in [2.75, 3.05) is 24.1 Å². The number of pyridine rings is 1. The summed E-state index contributed by atoms with van der Waals surface area (Å²) in [6, 6.07) is 21.5. The van der Waals surface area contributed by atoms with Crippen molar-refractivity contribution in [1.82, 2.24) is 9.97 Å². The Morgan fingerprint density at radius 3 is 2.55 bits per heavy atom. The lowest BCUT2D eigenvalue weighted by atomic mass is 10.1. The zero-order chi connectivity index (χ0) is 29.9. The predicted molar refractivity (Wildman–Crippen MR) is 157 cm³/mol. The molecule has 5 rings (SSSR count). The third kappa shape index (κ3) is 5.53. The maximum Gasteiger partial charge on any atom is 0.326 e. The number of Topliss-reactive ketones (excluding diaryl/α,β-unsaturated/α-hetero) is 1. The van der Waals surface area contributed by atoms with Crippen LogP contribution in [0.3, 0.4) is 0 Å². The van der Waals surface area contributed by atoms with Gasteiger partial charge in [0.2, 0.25) is 5.78 Å². The first-order valence-corrected chi connectivity index (χ1v) is 14.5. The van der Waals surface area contributed by atoms with E-state index in [-0.39, 0.29) is 35.1 Å². The van der Waals surface area contributed by atoms with Crippen molar-refractivity contribution in [3.63, 3.8) is 0 Å². The van der Waals surface area contributed by atoms with Crippen molar-refractivity contribution in [3.05, 3.63) is 95.8 Å². The van der Waals surface area contributed by atoms with Gasteiger partial charge in [0, 0.05) is 33.7 Å². The highest BCUT2D eigenvalue weighted by Crippen LogP contribution is 2.32. The van der Waals surface area contributed by atoms with Gasteiger partial charge in [0.05, 0.1) is 29.4 Å². The molecule has 0 atom stereocenters. The summed E-state index contributed by atoms with van der Waals surface area (Å²) in [4.78, 5) is 33.3. The van der Waals surface area contributed by atoms with E-state index in [1.165, 1.54) is 12.3 Å². The Kier molecular flexibility index (Phi) is 7.91. The minimum atomic E-state index is -4.31. The first-order valence-electron chi connectivity index (χ1n) is 13.0. The first kappa shape index (κ1) is 28.3. The highest BCUT2D eigenvalue weighted by Gasteiger charge is 2.30. The lowest BCUT2D eigenvalue weighted by molar-refractivity contribution is -0.141. The number of nitriles is 1. The molecule has 0 saturated carbocycles. The van der Waals surface area contributed by atoms with Gasteiger partial charge in [0.15, 0.2) is 6.61 Å². The molecule has 11 heteroatoms. The number of ether oxygens (including phenoxy) is 2. The number of carbonyl (C=O) groups is 2. The highest BCUT2D eigenvalue weighted by molar-refractivity contribution is 7.93. The van der Waals surface area contributed by atoms with Crippen LogP contribution in [-0.2, 0) is 19.6 Å². The molecule has 0 saturated heterocycles. The standard InChI is InChI=1S/C31H26N4O6S/c1-3-40-29(37)18-35(42(38,39)28-8-4-6-22-7-5-15-33-31(22)28)23-11-14-26-25(16-23)30(20(2)34-26)27(36)19-41-24-12-9-21(17-32)10-13-24/h4-16,34H,3,18-19H2,1-2H3. The van der Waals surface area contributed by atoms with E-state index in [1.807, 2.05) is 6.07 Å². The average Bonchev–Trinajstić information content (AvgIpc) is 3.33. The Morgan fingerprint density at radius 2 is 1.81 bits per heavy atom.